The molecule has 0 aliphatic carbocycles. The number of ketones is 2. The van der Waals surface area contributed by atoms with Crippen LogP contribution >= 0.6 is 0 Å². The lowest BCUT2D eigenvalue weighted by molar-refractivity contribution is 0.0196. The third kappa shape index (κ3) is 4.04. The molecule has 0 saturated heterocycles. The van der Waals surface area contributed by atoms with E-state index in [-0.39, 0.29) is 28.2 Å². The molecule has 0 saturated carbocycles. The SMILES string of the molecule is O=C1c2c(O)cc(O)c([C@@H]3C(=O)c4c(O)cc(O)cc4O[C@@H]3c3ccc(O)cc3)c2O[C@@H](c2ccc(O)c(O)c2)[C@@H]1O. The molecule has 6 rings (SSSR count). The van der Waals surface area contributed by atoms with Gasteiger partial charge in [0, 0.05) is 18.2 Å². The van der Waals surface area contributed by atoms with E-state index in [4.69, 9.17) is 9.47 Å². The van der Waals surface area contributed by atoms with Crippen molar-refractivity contribution in [2.45, 2.75) is 24.2 Å². The van der Waals surface area contributed by atoms with Crippen molar-refractivity contribution in [3.05, 3.63) is 88.5 Å². The molecule has 0 spiro atoms. The van der Waals surface area contributed by atoms with Crippen LogP contribution in [0.3, 0.4) is 0 Å². The first kappa shape index (κ1) is 26.6. The molecule has 42 heavy (non-hydrogen) atoms. The third-order valence-corrected chi connectivity index (χ3v) is 7.34. The van der Waals surface area contributed by atoms with E-state index in [2.05, 4.69) is 0 Å². The summed E-state index contributed by atoms with van der Waals surface area (Å²) in [6.07, 6.45) is -4.70. The zero-order valence-corrected chi connectivity index (χ0v) is 21.3. The Bertz CT molecular complexity index is 1780. The summed E-state index contributed by atoms with van der Waals surface area (Å²) < 4.78 is 12.1. The topological polar surface area (TPSA) is 214 Å². The van der Waals surface area contributed by atoms with Crippen LogP contribution in [0.2, 0.25) is 0 Å². The number of carbonyl (C=O) groups excluding carboxylic acids is 2. The van der Waals surface area contributed by atoms with Gasteiger partial charge in [-0.3, -0.25) is 9.59 Å². The number of aromatic hydroxyl groups is 7. The molecule has 12 heteroatoms. The van der Waals surface area contributed by atoms with Gasteiger partial charge in [-0.25, -0.2) is 0 Å². The van der Waals surface area contributed by atoms with Crippen molar-refractivity contribution < 1.29 is 59.9 Å². The molecule has 4 atom stereocenters. The predicted octanol–water partition coefficient (Wildman–Crippen LogP) is 3.40. The van der Waals surface area contributed by atoms with Crippen LogP contribution < -0.4 is 9.47 Å². The highest BCUT2D eigenvalue weighted by Crippen LogP contribution is 2.55. The van der Waals surface area contributed by atoms with Crippen LogP contribution in [0.25, 0.3) is 0 Å². The van der Waals surface area contributed by atoms with Crippen molar-refractivity contribution in [1.82, 2.24) is 0 Å². The number of phenolic OH excluding ortho intramolecular Hbond substituents is 7. The second-order valence-electron chi connectivity index (χ2n) is 9.94. The Hall–Kier alpha value is -5.62. The number of Topliss-reactive ketones (excluding diaryl/α,β-unsaturated/α-hetero) is 2. The molecule has 2 heterocycles. The zero-order valence-electron chi connectivity index (χ0n) is 21.3. The molecule has 4 aromatic rings. The highest BCUT2D eigenvalue weighted by Gasteiger charge is 2.48. The van der Waals surface area contributed by atoms with Crippen LogP contribution in [0.15, 0.2) is 60.7 Å². The van der Waals surface area contributed by atoms with Crippen molar-refractivity contribution in [1.29, 1.82) is 0 Å². The molecule has 4 aromatic carbocycles. The highest BCUT2D eigenvalue weighted by atomic mass is 16.5. The minimum absolute atomic E-state index is 0.0466. The predicted molar refractivity (Wildman–Crippen MR) is 142 cm³/mol. The maximum absolute atomic E-state index is 14.1. The van der Waals surface area contributed by atoms with Gasteiger partial charge in [0.1, 0.15) is 57.5 Å². The number of hydrogen-bond acceptors (Lipinski definition) is 12. The van der Waals surface area contributed by atoms with Crippen LogP contribution in [0.1, 0.15) is 55.5 Å². The zero-order chi connectivity index (χ0) is 30.0. The number of rotatable bonds is 3. The van der Waals surface area contributed by atoms with E-state index in [9.17, 15) is 50.4 Å². The fourth-order valence-corrected chi connectivity index (χ4v) is 5.38. The van der Waals surface area contributed by atoms with Gasteiger partial charge in [0.25, 0.3) is 0 Å². The lowest BCUT2D eigenvalue weighted by Gasteiger charge is -2.37. The van der Waals surface area contributed by atoms with Gasteiger partial charge >= 0.3 is 0 Å². The first-order valence-electron chi connectivity index (χ1n) is 12.5. The first-order valence-corrected chi connectivity index (χ1v) is 12.5. The molecule has 0 bridgehead atoms. The van der Waals surface area contributed by atoms with Gasteiger partial charge in [-0.1, -0.05) is 18.2 Å². The summed E-state index contributed by atoms with van der Waals surface area (Å²) >= 11 is 0. The largest absolute Gasteiger partial charge is 0.508 e. The van der Waals surface area contributed by atoms with Crippen molar-refractivity contribution in [2.24, 2.45) is 0 Å². The summed E-state index contributed by atoms with van der Waals surface area (Å²) in [5.41, 5.74) is -0.839. The quantitative estimate of drug-likeness (QED) is 0.165. The Morgan fingerprint density at radius 3 is 1.90 bits per heavy atom. The van der Waals surface area contributed by atoms with Gasteiger partial charge in [0.2, 0.25) is 5.78 Å². The Morgan fingerprint density at radius 1 is 0.548 bits per heavy atom. The number of fused-ring (bicyclic) bond motifs is 2. The average molecular weight is 574 g/mol. The minimum atomic E-state index is -1.90. The smallest absolute Gasteiger partial charge is 0.202 e. The Balaban J connectivity index is 1.59. The first-order chi connectivity index (χ1) is 20.0. The molecule has 2 aliphatic heterocycles. The monoisotopic (exact) mass is 574 g/mol. The van der Waals surface area contributed by atoms with Gasteiger partial charge in [-0.15, -0.1) is 0 Å². The molecule has 0 amide bonds. The molecule has 214 valence electrons. The molecule has 8 N–H and O–H groups in total. The van der Waals surface area contributed by atoms with Gasteiger partial charge in [0.05, 0.1) is 11.5 Å². The molecular formula is C30H22O12. The van der Waals surface area contributed by atoms with E-state index >= 15 is 0 Å². The molecular weight excluding hydrogens is 552 g/mol. The molecule has 0 unspecified atom stereocenters. The molecule has 0 fully saturated rings. The summed E-state index contributed by atoms with van der Waals surface area (Å²) in [7, 11) is 0. The Kier molecular flexibility index (Phi) is 6.01. The number of benzene rings is 4. The minimum Gasteiger partial charge on any atom is -0.508 e. The average Bonchev–Trinajstić information content (AvgIpc) is 2.92. The number of aliphatic hydroxyl groups excluding tert-OH is 1. The van der Waals surface area contributed by atoms with E-state index < -0.39 is 81.6 Å². The fourth-order valence-electron chi connectivity index (χ4n) is 5.38. The van der Waals surface area contributed by atoms with Crippen molar-refractivity contribution >= 4 is 11.6 Å². The van der Waals surface area contributed by atoms with E-state index in [0.717, 1.165) is 30.3 Å². The van der Waals surface area contributed by atoms with Crippen molar-refractivity contribution in [3.8, 4) is 51.7 Å². The maximum atomic E-state index is 14.1. The van der Waals surface area contributed by atoms with Crippen LogP contribution in [0.5, 0.6) is 51.7 Å². The summed E-state index contributed by atoms with van der Waals surface area (Å²) in [6, 6.07) is 11.8. The van der Waals surface area contributed by atoms with Crippen LogP contribution in [-0.4, -0.2) is 58.5 Å². The maximum Gasteiger partial charge on any atom is 0.202 e. The molecule has 12 nitrogen and oxygen atoms in total. The number of ether oxygens (including phenoxy) is 2. The van der Waals surface area contributed by atoms with Crippen LogP contribution in [0.4, 0.5) is 0 Å². The summed E-state index contributed by atoms with van der Waals surface area (Å²) in [6.45, 7) is 0. The van der Waals surface area contributed by atoms with E-state index in [1.165, 1.54) is 30.3 Å². The van der Waals surface area contributed by atoms with Crippen LogP contribution in [-0.2, 0) is 0 Å². The Labute approximate surface area is 236 Å². The highest BCUT2D eigenvalue weighted by molar-refractivity contribution is 6.10. The standard InChI is InChI=1S/C30H22O12/c31-13-4-1-11(2-5-13)28-24(25(38)21-17(35)8-14(32)9-20(21)41-28)22-18(36)10-19(37)23-26(39)27(40)29(42-30(22)23)12-3-6-15(33)16(34)7-12/h1-10,24,27-29,31-37,40H/t24-,27-,28-,29+/m1/s1. The number of phenols is 7. The number of hydrogen-bond donors (Lipinski definition) is 8. The fraction of sp³-hybridized carbons (Fsp3) is 0.133. The second kappa shape index (κ2) is 9.49. The molecule has 0 radical (unpaired) electrons. The van der Waals surface area contributed by atoms with Gasteiger partial charge in [0.15, 0.2) is 29.5 Å². The summed E-state index contributed by atoms with van der Waals surface area (Å²) in [5.74, 6) is -7.60. The van der Waals surface area contributed by atoms with E-state index in [0.29, 0.717) is 5.56 Å². The third-order valence-electron chi connectivity index (χ3n) is 7.34. The van der Waals surface area contributed by atoms with E-state index in [1.807, 2.05) is 0 Å². The van der Waals surface area contributed by atoms with Gasteiger partial charge < -0.3 is 50.3 Å². The normalized spacial score (nSPS) is 21.2. The molecule has 2 aliphatic rings. The van der Waals surface area contributed by atoms with Gasteiger partial charge in [-0.05, 0) is 35.4 Å². The second-order valence-corrected chi connectivity index (χ2v) is 9.94. The number of aliphatic hydroxyl groups is 1. The lowest BCUT2D eigenvalue weighted by atomic mass is 9.78. The van der Waals surface area contributed by atoms with Crippen molar-refractivity contribution in [2.75, 3.05) is 0 Å². The van der Waals surface area contributed by atoms with Crippen LogP contribution in [0, 0.1) is 0 Å². The van der Waals surface area contributed by atoms with Crippen molar-refractivity contribution in [3.63, 3.8) is 0 Å². The summed E-state index contributed by atoms with van der Waals surface area (Å²) in [5, 5.41) is 82.8. The molecule has 0 aromatic heterocycles. The van der Waals surface area contributed by atoms with E-state index in [1.54, 1.807) is 0 Å². The lowest BCUT2D eigenvalue weighted by Crippen LogP contribution is -2.38. The summed E-state index contributed by atoms with van der Waals surface area (Å²) in [4.78, 5) is 27.5. The Morgan fingerprint density at radius 2 is 1.21 bits per heavy atom. The number of carbonyl (C=O) groups is 2. The van der Waals surface area contributed by atoms with Gasteiger partial charge in [-0.2, -0.15) is 0 Å².